The highest BCUT2D eigenvalue weighted by atomic mass is 19.1. The lowest BCUT2D eigenvalue weighted by Crippen LogP contribution is -2.10. The van der Waals surface area contributed by atoms with E-state index in [1.165, 1.54) is 18.2 Å². The Bertz CT molecular complexity index is 610. The number of nitrogens with one attached hydrogen (secondary N) is 1. The number of hydrogen-bond acceptors (Lipinski definition) is 2. The van der Waals surface area contributed by atoms with Gasteiger partial charge >= 0.3 is 0 Å². The molecule has 0 aromatic heterocycles. The second-order valence-corrected chi connectivity index (χ2v) is 4.53. The Balaban J connectivity index is 2.15. The van der Waals surface area contributed by atoms with Gasteiger partial charge in [-0.2, -0.15) is 5.26 Å². The van der Waals surface area contributed by atoms with Crippen LogP contribution in [0.3, 0.4) is 0 Å². The number of rotatable bonds is 4. The number of benzene rings is 2. The molecule has 1 unspecified atom stereocenters. The molecule has 1 N–H and O–H groups in total. The van der Waals surface area contributed by atoms with E-state index in [1.54, 1.807) is 19.1 Å². The number of halogens is 2. The van der Waals surface area contributed by atoms with E-state index >= 15 is 0 Å². The smallest absolute Gasteiger partial charge is 0.131 e. The molecule has 0 bridgehead atoms. The minimum Gasteiger partial charge on any atom is -0.378 e. The lowest BCUT2D eigenvalue weighted by atomic mass is 10.1. The van der Waals surface area contributed by atoms with Crippen LogP contribution in [0.15, 0.2) is 42.5 Å². The predicted molar refractivity (Wildman–Crippen MR) is 74.2 cm³/mol. The van der Waals surface area contributed by atoms with E-state index in [0.717, 1.165) is 11.3 Å². The molecule has 0 radical (unpaired) electrons. The summed E-state index contributed by atoms with van der Waals surface area (Å²) in [5, 5.41) is 11.6. The van der Waals surface area contributed by atoms with Crippen molar-refractivity contribution in [2.75, 3.05) is 5.32 Å². The van der Waals surface area contributed by atoms with E-state index in [1.807, 2.05) is 12.1 Å². The highest BCUT2D eigenvalue weighted by molar-refractivity contribution is 5.47. The van der Waals surface area contributed by atoms with Crippen LogP contribution in [0.5, 0.6) is 0 Å². The van der Waals surface area contributed by atoms with E-state index < -0.39 is 17.7 Å². The summed E-state index contributed by atoms with van der Waals surface area (Å²) >= 11 is 0. The molecule has 2 nitrogen and oxygen atoms in total. The van der Waals surface area contributed by atoms with Crippen LogP contribution >= 0.6 is 0 Å². The van der Waals surface area contributed by atoms with Crippen LogP contribution in [0.1, 0.15) is 24.1 Å². The SMILES string of the molecule is CC(Nc1ccc(CC#N)cc1)c1c(F)cccc1F. The monoisotopic (exact) mass is 272 g/mol. The zero-order valence-electron chi connectivity index (χ0n) is 11.0. The molecule has 0 heterocycles. The molecule has 0 aliphatic heterocycles. The standard InChI is InChI=1S/C16H14F2N2/c1-11(16-14(17)3-2-4-15(16)18)20-13-7-5-12(6-8-13)9-10-19/h2-8,11,20H,9H2,1H3. The number of nitrogens with zero attached hydrogens (tertiary/aromatic N) is 1. The van der Waals surface area contributed by atoms with Gasteiger partial charge in [0.2, 0.25) is 0 Å². The maximum atomic E-state index is 13.7. The van der Waals surface area contributed by atoms with Crippen molar-refractivity contribution in [2.45, 2.75) is 19.4 Å². The third-order valence-corrected chi connectivity index (χ3v) is 3.05. The average Bonchev–Trinajstić information content (AvgIpc) is 2.41. The van der Waals surface area contributed by atoms with Crippen LogP contribution in [0.2, 0.25) is 0 Å². The van der Waals surface area contributed by atoms with E-state index in [2.05, 4.69) is 11.4 Å². The summed E-state index contributed by atoms with van der Waals surface area (Å²) in [6.45, 7) is 1.70. The van der Waals surface area contributed by atoms with E-state index in [0.29, 0.717) is 6.42 Å². The van der Waals surface area contributed by atoms with Crippen LogP contribution in [-0.4, -0.2) is 0 Å². The van der Waals surface area contributed by atoms with Crippen molar-refractivity contribution in [1.29, 1.82) is 5.26 Å². The second-order valence-electron chi connectivity index (χ2n) is 4.53. The molecule has 0 saturated heterocycles. The van der Waals surface area contributed by atoms with Gasteiger partial charge in [-0.3, -0.25) is 0 Å². The van der Waals surface area contributed by atoms with Gasteiger partial charge in [0.1, 0.15) is 11.6 Å². The summed E-state index contributed by atoms with van der Waals surface area (Å²) < 4.78 is 27.3. The summed E-state index contributed by atoms with van der Waals surface area (Å²) in [4.78, 5) is 0. The summed E-state index contributed by atoms with van der Waals surface area (Å²) in [6.07, 6.45) is 0.345. The van der Waals surface area contributed by atoms with Crippen molar-refractivity contribution in [3.05, 3.63) is 65.2 Å². The van der Waals surface area contributed by atoms with Gasteiger partial charge in [-0.05, 0) is 36.8 Å². The van der Waals surface area contributed by atoms with Gasteiger partial charge in [-0.25, -0.2) is 8.78 Å². The molecule has 0 amide bonds. The molecule has 0 saturated carbocycles. The molecule has 2 aromatic rings. The lowest BCUT2D eigenvalue weighted by Gasteiger charge is -2.17. The van der Waals surface area contributed by atoms with Crippen molar-refractivity contribution >= 4 is 5.69 Å². The largest absolute Gasteiger partial charge is 0.378 e. The second kappa shape index (κ2) is 6.16. The van der Waals surface area contributed by atoms with Crippen LogP contribution in [-0.2, 0) is 6.42 Å². The van der Waals surface area contributed by atoms with Crippen LogP contribution in [0.25, 0.3) is 0 Å². The Morgan fingerprint density at radius 1 is 1.10 bits per heavy atom. The average molecular weight is 272 g/mol. The van der Waals surface area contributed by atoms with Crippen molar-refractivity contribution in [3.8, 4) is 6.07 Å². The summed E-state index contributed by atoms with van der Waals surface area (Å²) in [5.74, 6) is -1.13. The Morgan fingerprint density at radius 2 is 1.70 bits per heavy atom. The highest BCUT2D eigenvalue weighted by Crippen LogP contribution is 2.24. The zero-order chi connectivity index (χ0) is 14.5. The highest BCUT2D eigenvalue weighted by Gasteiger charge is 2.15. The maximum absolute atomic E-state index is 13.7. The van der Waals surface area contributed by atoms with Crippen LogP contribution in [0.4, 0.5) is 14.5 Å². The number of nitriles is 1. The molecule has 20 heavy (non-hydrogen) atoms. The first-order valence-electron chi connectivity index (χ1n) is 6.28. The molecule has 2 aromatic carbocycles. The first-order chi connectivity index (χ1) is 9.61. The quantitative estimate of drug-likeness (QED) is 0.905. The molecule has 2 rings (SSSR count). The molecule has 0 spiro atoms. The zero-order valence-corrected chi connectivity index (χ0v) is 11.0. The van der Waals surface area contributed by atoms with Gasteiger partial charge in [0.25, 0.3) is 0 Å². The Kier molecular flexibility index (Phi) is 4.31. The molecule has 4 heteroatoms. The fourth-order valence-electron chi connectivity index (χ4n) is 2.06. The summed E-state index contributed by atoms with van der Waals surface area (Å²) in [6, 6.07) is 12.6. The first-order valence-corrected chi connectivity index (χ1v) is 6.28. The van der Waals surface area contributed by atoms with Gasteiger partial charge in [-0.15, -0.1) is 0 Å². The van der Waals surface area contributed by atoms with Gasteiger partial charge < -0.3 is 5.32 Å². The van der Waals surface area contributed by atoms with E-state index in [9.17, 15) is 8.78 Å². The maximum Gasteiger partial charge on any atom is 0.131 e. The normalized spacial score (nSPS) is 11.7. The Morgan fingerprint density at radius 3 is 2.25 bits per heavy atom. The van der Waals surface area contributed by atoms with E-state index in [4.69, 9.17) is 5.26 Å². The van der Waals surface area contributed by atoms with Crippen LogP contribution in [0, 0.1) is 23.0 Å². The molecular formula is C16H14F2N2. The number of hydrogen-bond donors (Lipinski definition) is 1. The minimum absolute atomic E-state index is 0.0219. The number of anilines is 1. The molecule has 0 fully saturated rings. The molecule has 0 aliphatic carbocycles. The lowest BCUT2D eigenvalue weighted by molar-refractivity contribution is 0.544. The fourth-order valence-corrected chi connectivity index (χ4v) is 2.06. The third-order valence-electron chi connectivity index (χ3n) is 3.05. The van der Waals surface area contributed by atoms with Gasteiger partial charge in [-0.1, -0.05) is 18.2 Å². The molecule has 1 atom stereocenters. The third kappa shape index (κ3) is 3.12. The van der Waals surface area contributed by atoms with Gasteiger partial charge in [0, 0.05) is 11.3 Å². The van der Waals surface area contributed by atoms with E-state index in [-0.39, 0.29) is 5.56 Å². The minimum atomic E-state index is -0.564. The molecular weight excluding hydrogens is 258 g/mol. The topological polar surface area (TPSA) is 35.8 Å². The van der Waals surface area contributed by atoms with Gasteiger partial charge in [0.05, 0.1) is 18.5 Å². The van der Waals surface area contributed by atoms with Crippen molar-refractivity contribution < 1.29 is 8.78 Å². The first kappa shape index (κ1) is 14.0. The Hall–Kier alpha value is -2.41. The molecule has 102 valence electrons. The predicted octanol–water partition coefficient (Wildman–Crippen LogP) is 4.20. The van der Waals surface area contributed by atoms with Crippen LogP contribution < -0.4 is 5.32 Å². The van der Waals surface area contributed by atoms with Crippen molar-refractivity contribution in [2.24, 2.45) is 0 Å². The fraction of sp³-hybridized carbons (Fsp3) is 0.188. The Labute approximate surface area is 116 Å². The van der Waals surface area contributed by atoms with Crippen molar-refractivity contribution in [3.63, 3.8) is 0 Å². The summed E-state index contributed by atoms with van der Waals surface area (Å²) in [5.41, 5.74) is 1.68. The van der Waals surface area contributed by atoms with Gasteiger partial charge in [0.15, 0.2) is 0 Å². The molecule has 0 aliphatic rings. The van der Waals surface area contributed by atoms with Crippen molar-refractivity contribution in [1.82, 2.24) is 0 Å². The summed E-state index contributed by atoms with van der Waals surface area (Å²) in [7, 11) is 0.